The van der Waals surface area contributed by atoms with Gasteiger partial charge in [0.2, 0.25) is 5.78 Å². The highest BCUT2D eigenvalue weighted by molar-refractivity contribution is 6.40. The van der Waals surface area contributed by atoms with Crippen LogP contribution in [0.15, 0.2) is 24.3 Å². The van der Waals surface area contributed by atoms with Crippen LogP contribution in [0.1, 0.15) is 57.0 Å². The van der Waals surface area contributed by atoms with Gasteiger partial charge < -0.3 is 0 Å². The van der Waals surface area contributed by atoms with Gasteiger partial charge in [-0.15, -0.1) is 0 Å². The molecule has 0 saturated carbocycles. The summed E-state index contributed by atoms with van der Waals surface area (Å²) in [5.74, 6) is -1.52. The molecule has 3 nitrogen and oxygen atoms in total. The van der Waals surface area contributed by atoms with Gasteiger partial charge in [-0.25, -0.2) is 0 Å². The van der Waals surface area contributed by atoms with Crippen LogP contribution in [0.5, 0.6) is 0 Å². The highest BCUT2D eigenvalue weighted by Crippen LogP contribution is 2.07. The minimum absolute atomic E-state index is 0.307. The van der Waals surface area contributed by atoms with Gasteiger partial charge in [0.25, 0.3) is 0 Å². The number of hydrogen-bond donors (Lipinski definition) is 0. The summed E-state index contributed by atoms with van der Waals surface area (Å²) in [7, 11) is 0. The van der Waals surface area contributed by atoms with E-state index in [4.69, 9.17) is 0 Å². The minimum atomic E-state index is -0.637. The molecular formula is C16H24O3. The van der Waals surface area contributed by atoms with E-state index in [1.165, 1.54) is 6.92 Å². The first kappa shape index (κ1) is 19.6. The van der Waals surface area contributed by atoms with Crippen LogP contribution in [0.25, 0.3) is 0 Å². The average Bonchev–Trinajstić information content (AvgIpc) is 2.43. The summed E-state index contributed by atoms with van der Waals surface area (Å²) in [6, 6.07) is 6.96. The van der Waals surface area contributed by atoms with Gasteiger partial charge in [0.1, 0.15) is 0 Å². The number of ketones is 3. The first-order valence-electron chi connectivity index (χ1n) is 6.64. The van der Waals surface area contributed by atoms with Gasteiger partial charge in [0.15, 0.2) is 11.6 Å². The smallest absolute Gasteiger partial charge is 0.205 e. The Morgan fingerprint density at radius 2 is 1.53 bits per heavy atom. The molecule has 0 aliphatic rings. The van der Waals surface area contributed by atoms with Crippen molar-refractivity contribution in [1.29, 1.82) is 0 Å². The highest BCUT2D eigenvalue weighted by Gasteiger charge is 2.14. The topological polar surface area (TPSA) is 51.2 Å². The van der Waals surface area contributed by atoms with Crippen molar-refractivity contribution in [3.8, 4) is 0 Å². The molecule has 0 fully saturated rings. The van der Waals surface area contributed by atoms with E-state index in [-0.39, 0.29) is 12.2 Å². The summed E-state index contributed by atoms with van der Waals surface area (Å²) in [5, 5.41) is 0. The van der Waals surface area contributed by atoms with E-state index in [9.17, 15) is 14.4 Å². The van der Waals surface area contributed by atoms with E-state index in [1.54, 1.807) is 18.2 Å². The molecule has 1 aromatic carbocycles. The third kappa shape index (κ3) is 8.03. The van der Waals surface area contributed by atoms with Crippen molar-refractivity contribution in [2.24, 2.45) is 0 Å². The normalized spacial score (nSPS) is 8.32. The van der Waals surface area contributed by atoms with E-state index in [2.05, 4.69) is 0 Å². The zero-order chi connectivity index (χ0) is 15.4. The van der Waals surface area contributed by atoms with Crippen LogP contribution in [0.4, 0.5) is 0 Å². The fourth-order valence-electron chi connectivity index (χ4n) is 1.19. The maximum absolute atomic E-state index is 11.5. The lowest BCUT2D eigenvalue weighted by atomic mass is 10.0. The molecule has 1 aromatic rings. The molecule has 0 spiro atoms. The third-order valence-corrected chi connectivity index (χ3v) is 2.05. The standard InChI is InChI=1S/C12H12O3.2C2H6/c1-8-4-3-5-10(6-8)12(15)7-11(14)9(2)13;2*1-2/h3-6H,7H2,1-2H3;2*1-2H3. The fourth-order valence-corrected chi connectivity index (χ4v) is 1.19. The Bertz CT molecular complexity index is 420. The van der Waals surface area contributed by atoms with Crippen molar-refractivity contribution < 1.29 is 14.4 Å². The Hall–Kier alpha value is -1.77. The Kier molecular flexibility index (Phi) is 11.7. The largest absolute Gasteiger partial charge is 0.294 e. The van der Waals surface area contributed by atoms with Crippen LogP contribution in [0.2, 0.25) is 0 Å². The van der Waals surface area contributed by atoms with Crippen molar-refractivity contribution >= 4 is 17.3 Å². The Balaban J connectivity index is 0. The quantitative estimate of drug-likeness (QED) is 0.472. The minimum Gasteiger partial charge on any atom is -0.294 e. The first-order valence-corrected chi connectivity index (χ1v) is 6.64. The van der Waals surface area contributed by atoms with Crippen molar-refractivity contribution in [3.63, 3.8) is 0 Å². The third-order valence-electron chi connectivity index (χ3n) is 2.05. The lowest BCUT2D eigenvalue weighted by molar-refractivity contribution is -0.134. The van der Waals surface area contributed by atoms with Gasteiger partial charge in [0.05, 0.1) is 6.42 Å². The predicted octanol–water partition coefficient (Wildman–Crippen LogP) is 3.78. The van der Waals surface area contributed by atoms with E-state index in [0.29, 0.717) is 5.56 Å². The lowest BCUT2D eigenvalue weighted by Gasteiger charge is -1.99. The Labute approximate surface area is 116 Å². The second kappa shape index (κ2) is 11.3. The molecule has 0 N–H and O–H groups in total. The molecular weight excluding hydrogens is 240 g/mol. The highest BCUT2D eigenvalue weighted by atomic mass is 16.2. The van der Waals surface area contributed by atoms with Gasteiger partial charge >= 0.3 is 0 Å². The van der Waals surface area contributed by atoms with Crippen molar-refractivity contribution in [2.75, 3.05) is 0 Å². The summed E-state index contributed by atoms with van der Waals surface area (Å²) < 4.78 is 0. The number of carbonyl (C=O) groups is 3. The number of carbonyl (C=O) groups excluding carboxylic acids is 3. The molecule has 19 heavy (non-hydrogen) atoms. The average molecular weight is 264 g/mol. The van der Waals surface area contributed by atoms with Crippen LogP contribution >= 0.6 is 0 Å². The van der Waals surface area contributed by atoms with Crippen LogP contribution in [0, 0.1) is 6.92 Å². The zero-order valence-electron chi connectivity index (χ0n) is 12.7. The van der Waals surface area contributed by atoms with E-state index < -0.39 is 11.6 Å². The number of hydrogen-bond acceptors (Lipinski definition) is 3. The predicted molar refractivity (Wildman–Crippen MR) is 78.5 cm³/mol. The van der Waals surface area contributed by atoms with Crippen molar-refractivity contribution in [1.82, 2.24) is 0 Å². The molecule has 0 aromatic heterocycles. The van der Waals surface area contributed by atoms with Crippen LogP contribution < -0.4 is 0 Å². The molecule has 0 bridgehead atoms. The van der Waals surface area contributed by atoms with Crippen molar-refractivity contribution in [2.45, 2.75) is 48.0 Å². The molecule has 3 heteroatoms. The zero-order valence-corrected chi connectivity index (χ0v) is 12.7. The van der Waals surface area contributed by atoms with Crippen LogP contribution in [-0.4, -0.2) is 17.3 Å². The number of rotatable bonds is 4. The van der Waals surface area contributed by atoms with E-state index in [0.717, 1.165) is 5.56 Å². The lowest BCUT2D eigenvalue weighted by Crippen LogP contribution is -2.15. The molecule has 0 amide bonds. The van der Waals surface area contributed by atoms with Gasteiger partial charge in [-0.1, -0.05) is 51.5 Å². The fraction of sp³-hybridized carbons (Fsp3) is 0.438. The molecule has 0 atom stereocenters. The summed E-state index contributed by atoms with van der Waals surface area (Å²) >= 11 is 0. The van der Waals surface area contributed by atoms with E-state index >= 15 is 0 Å². The molecule has 1 rings (SSSR count). The summed E-state index contributed by atoms with van der Waals surface area (Å²) in [6.45, 7) is 11.0. The molecule has 0 unspecified atom stereocenters. The van der Waals surface area contributed by atoms with E-state index in [1.807, 2.05) is 40.7 Å². The maximum Gasteiger partial charge on any atom is 0.205 e. The number of benzene rings is 1. The van der Waals surface area contributed by atoms with Gasteiger partial charge in [-0.2, -0.15) is 0 Å². The molecule has 0 heterocycles. The van der Waals surface area contributed by atoms with Crippen LogP contribution in [0.3, 0.4) is 0 Å². The van der Waals surface area contributed by atoms with Gasteiger partial charge in [-0.05, 0) is 13.0 Å². The number of aryl methyl sites for hydroxylation is 1. The molecule has 106 valence electrons. The molecule has 0 saturated heterocycles. The molecule has 0 aliphatic heterocycles. The summed E-state index contributed by atoms with van der Waals surface area (Å²) in [4.78, 5) is 33.3. The van der Waals surface area contributed by atoms with Gasteiger partial charge in [0, 0.05) is 12.5 Å². The number of Topliss-reactive ketones (excluding diaryl/α,β-unsaturated/α-hetero) is 3. The Morgan fingerprint density at radius 1 is 1.00 bits per heavy atom. The van der Waals surface area contributed by atoms with Gasteiger partial charge in [-0.3, -0.25) is 14.4 Å². The Morgan fingerprint density at radius 3 is 1.95 bits per heavy atom. The summed E-state index contributed by atoms with van der Waals surface area (Å²) in [6.07, 6.45) is -0.335. The van der Waals surface area contributed by atoms with Crippen molar-refractivity contribution in [3.05, 3.63) is 35.4 Å². The SMILES string of the molecule is CC.CC.CC(=O)C(=O)CC(=O)c1cccc(C)c1. The first-order chi connectivity index (χ1) is 9.00. The molecule has 0 aliphatic carbocycles. The molecule has 0 radical (unpaired) electrons. The second-order valence-electron chi connectivity index (χ2n) is 3.45. The maximum atomic E-state index is 11.5. The van der Waals surface area contributed by atoms with Crippen LogP contribution in [-0.2, 0) is 9.59 Å². The second-order valence-corrected chi connectivity index (χ2v) is 3.45. The monoisotopic (exact) mass is 264 g/mol. The summed E-state index contributed by atoms with van der Waals surface area (Å²) in [5.41, 5.74) is 1.43.